The van der Waals surface area contributed by atoms with E-state index in [-0.39, 0.29) is 0 Å². The van der Waals surface area contributed by atoms with Crippen LogP contribution in [-0.4, -0.2) is 17.3 Å². The van der Waals surface area contributed by atoms with Crippen molar-refractivity contribution < 1.29 is 5.11 Å². The van der Waals surface area contributed by atoms with Gasteiger partial charge >= 0.3 is 0 Å². The van der Waals surface area contributed by atoms with Gasteiger partial charge in [-0.25, -0.2) is 0 Å². The zero-order chi connectivity index (χ0) is 13.0. The molecule has 3 heteroatoms. The Balaban J connectivity index is 1.75. The van der Waals surface area contributed by atoms with Gasteiger partial charge in [0, 0.05) is 18.0 Å². The Hall–Kier alpha value is -0.380. The summed E-state index contributed by atoms with van der Waals surface area (Å²) in [6, 6.07) is 2.16. The number of aliphatic hydroxyl groups is 1. The zero-order valence-electron chi connectivity index (χ0n) is 11.5. The maximum atomic E-state index is 10.5. The van der Waals surface area contributed by atoms with Crippen molar-refractivity contribution >= 4 is 11.3 Å². The third-order valence-electron chi connectivity index (χ3n) is 4.32. The molecule has 2 N–H and O–H groups in total. The number of hydrogen-bond donors (Lipinski definition) is 2. The Morgan fingerprint density at radius 3 is 2.72 bits per heavy atom. The van der Waals surface area contributed by atoms with E-state index in [1.807, 2.05) is 0 Å². The van der Waals surface area contributed by atoms with Crippen molar-refractivity contribution in [3.63, 3.8) is 0 Å². The molecule has 1 fully saturated rings. The van der Waals surface area contributed by atoms with Crippen LogP contribution in [-0.2, 0) is 6.54 Å². The lowest BCUT2D eigenvalue weighted by Gasteiger charge is -2.36. The Morgan fingerprint density at radius 2 is 2.17 bits per heavy atom. The standard InChI is InChI=1S/C15H25NOS/c1-3-13-4-7-15(17,8-5-13)11-16-10-14-12(2)6-9-18-14/h6,9,13,16-17H,3-5,7-8,10-11H2,1-2H3. The number of thiophene rings is 1. The molecule has 1 saturated carbocycles. The largest absolute Gasteiger partial charge is 0.389 e. The van der Waals surface area contributed by atoms with Crippen molar-refractivity contribution in [2.45, 2.75) is 58.1 Å². The van der Waals surface area contributed by atoms with Crippen LogP contribution in [0.2, 0.25) is 0 Å². The summed E-state index contributed by atoms with van der Waals surface area (Å²) >= 11 is 1.79. The molecule has 2 rings (SSSR count). The van der Waals surface area contributed by atoms with Crippen molar-refractivity contribution in [3.05, 3.63) is 21.9 Å². The van der Waals surface area contributed by atoms with Crippen molar-refractivity contribution in [3.8, 4) is 0 Å². The summed E-state index contributed by atoms with van der Waals surface area (Å²) in [5, 5.41) is 16.1. The molecule has 1 aromatic heterocycles. The van der Waals surface area contributed by atoms with Crippen LogP contribution >= 0.6 is 11.3 Å². The highest BCUT2D eigenvalue weighted by molar-refractivity contribution is 7.10. The van der Waals surface area contributed by atoms with Gasteiger partial charge in [-0.2, -0.15) is 0 Å². The third-order valence-corrected chi connectivity index (χ3v) is 5.34. The molecule has 2 nitrogen and oxygen atoms in total. The Morgan fingerprint density at radius 1 is 1.44 bits per heavy atom. The molecular weight excluding hydrogens is 242 g/mol. The summed E-state index contributed by atoms with van der Waals surface area (Å²) in [6.45, 7) is 6.03. The van der Waals surface area contributed by atoms with Crippen LogP contribution in [0.1, 0.15) is 49.5 Å². The molecule has 0 bridgehead atoms. The fraction of sp³-hybridized carbons (Fsp3) is 0.733. The minimum absolute atomic E-state index is 0.461. The molecule has 0 radical (unpaired) electrons. The Bertz CT molecular complexity index is 366. The van der Waals surface area contributed by atoms with Crippen LogP contribution in [0.15, 0.2) is 11.4 Å². The van der Waals surface area contributed by atoms with Gasteiger partial charge in [0.05, 0.1) is 5.60 Å². The average Bonchev–Trinajstić information content (AvgIpc) is 2.76. The molecular formula is C15H25NOS. The smallest absolute Gasteiger partial charge is 0.0771 e. The molecule has 1 heterocycles. The van der Waals surface area contributed by atoms with Gasteiger partial charge < -0.3 is 10.4 Å². The van der Waals surface area contributed by atoms with Crippen molar-refractivity contribution in [2.75, 3.05) is 6.54 Å². The summed E-state index contributed by atoms with van der Waals surface area (Å²) in [5.74, 6) is 0.838. The van der Waals surface area contributed by atoms with Crippen molar-refractivity contribution in [1.29, 1.82) is 0 Å². The van der Waals surface area contributed by atoms with Crippen LogP contribution in [0.5, 0.6) is 0 Å². The van der Waals surface area contributed by atoms with Gasteiger partial charge in [-0.1, -0.05) is 13.3 Å². The lowest BCUT2D eigenvalue weighted by Crippen LogP contribution is -2.43. The number of hydrogen-bond acceptors (Lipinski definition) is 3. The van der Waals surface area contributed by atoms with E-state index in [9.17, 15) is 5.11 Å². The monoisotopic (exact) mass is 267 g/mol. The normalized spacial score (nSPS) is 28.5. The summed E-state index contributed by atoms with van der Waals surface area (Å²) < 4.78 is 0. The van der Waals surface area contributed by atoms with Crippen LogP contribution in [0, 0.1) is 12.8 Å². The topological polar surface area (TPSA) is 32.3 Å². The van der Waals surface area contributed by atoms with Crippen LogP contribution in [0.3, 0.4) is 0 Å². The number of aryl methyl sites for hydroxylation is 1. The van der Waals surface area contributed by atoms with E-state index in [2.05, 4.69) is 30.6 Å². The van der Waals surface area contributed by atoms with Gasteiger partial charge in [-0.15, -0.1) is 11.3 Å². The molecule has 18 heavy (non-hydrogen) atoms. The first-order chi connectivity index (χ1) is 8.63. The van der Waals surface area contributed by atoms with E-state index in [1.165, 1.54) is 29.7 Å². The van der Waals surface area contributed by atoms with Crippen molar-refractivity contribution in [1.82, 2.24) is 5.32 Å². The van der Waals surface area contributed by atoms with E-state index >= 15 is 0 Å². The molecule has 102 valence electrons. The van der Waals surface area contributed by atoms with Crippen LogP contribution in [0.4, 0.5) is 0 Å². The molecule has 0 spiro atoms. The second kappa shape index (κ2) is 6.18. The predicted molar refractivity (Wildman–Crippen MR) is 78.0 cm³/mol. The Labute approximate surface area is 114 Å². The molecule has 0 atom stereocenters. The summed E-state index contributed by atoms with van der Waals surface area (Å²) in [4.78, 5) is 1.39. The fourth-order valence-electron chi connectivity index (χ4n) is 2.79. The molecule has 0 amide bonds. The lowest BCUT2D eigenvalue weighted by molar-refractivity contribution is -0.00877. The van der Waals surface area contributed by atoms with Gasteiger partial charge in [0.1, 0.15) is 0 Å². The van der Waals surface area contributed by atoms with Gasteiger partial charge in [-0.05, 0) is 55.5 Å². The maximum Gasteiger partial charge on any atom is 0.0771 e. The van der Waals surface area contributed by atoms with E-state index in [0.717, 1.165) is 31.8 Å². The quantitative estimate of drug-likeness (QED) is 0.856. The minimum Gasteiger partial charge on any atom is -0.389 e. The highest BCUT2D eigenvalue weighted by Crippen LogP contribution is 2.33. The molecule has 0 aliphatic heterocycles. The first kappa shape index (κ1) is 14.0. The SMILES string of the molecule is CCC1CCC(O)(CNCc2sccc2C)CC1. The van der Waals surface area contributed by atoms with Crippen LogP contribution in [0.25, 0.3) is 0 Å². The van der Waals surface area contributed by atoms with E-state index in [0.29, 0.717) is 0 Å². The van der Waals surface area contributed by atoms with E-state index < -0.39 is 5.60 Å². The Kier molecular flexibility index (Phi) is 4.82. The minimum atomic E-state index is -0.461. The average molecular weight is 267 g/mol. The molecule has 0 aromatic carbocycles. The summed E-state index contributed by atoms with van der Waals surface area (Å²) in [6.07, 6.45) is 5.56. The molecule has 0 saturated heterocycles. The van der Waals surface area contributed by atoms with Gasteiger partial charge in [0.15, 0.2) is 0 Å². The maximum absolute atomic E-state index is 10.5. The summed E-state index contributed by atoms with van der Waals surface area (Å²) in [5.41, 5.74) is 0.894. The highest BCUT2D eigenvalue weighted by Gasteiger charge is 2.32. The van der Waals surface area contributed by atoms with Gasteiger partial charge in [0.25, 0.3) is 0 Å². The molecule has 1 aliphatic carbocycles. The highest BCUT2D eigenvalue weighted by atomic mass is 32.1. The number of rotatable bonds is 5. The van der Waals surface area contributed by atoms with Gasteiger partial charge in [0.2, 0.25) is 0 Å². The first-order valence-electron chi connectivity index (χ1n) is 7.09. The summed E-state index contributed by atoms with van der Waals surface area (Å²) in [7, 11) is 0. The molecule has 0 unspecified atom stereocenters. The molecule has 1 aromatic rings. The van der Waals surface area contributed by atoms with Crippen molar-refractivity contribution in [2.24, 2.45) is 5.92 Å². The zero-order valence-corrected chi connectivity index (χ0v) is 12.4. The van der Waals surface area contributed by atoms with E-state index in [4.69, 9.17) is 0 Å². The second-order valence-electron chi connectivity index (χ2n) is 5.71. The van der Waals surface area contributed by atoms with E-state index in [1.54, 1.807) is 11.3 Å². The first-order valence-corrected chi connectivity index (χ1v) is 7.97. The fourth-order valence-corrected chi connectivity index (χ4v) is 3.67. The lowest BCUT2D eigenvalue weighted by atomic mass is 9.78. The second-order valence-corrected chi connectivity index (χ2v) is 6.71. The van der Waals surface area contributed by atoms with Crippen LogP contribution < -0.4 is 5.32 Å². The predicted octanol–water partition coefficient (Wildman–Crippen LogP) is 3.48. The molecule has 1 aliphatic rings. The number of nitrogens with one attached hydrogen (secondary N) is 1. The third kappa shape index (κ3) is 3.56. The van der Waals surface area contributed by atoms with Gasteiger partial charge in [-0.3, -0.25) is 0 Å².